The summed E-state index contributed by atoms with van der Waals surface area (Å²) in [6.07, 6.45) is 0.387. The molecule has 0 aliphatic carbocycles. The van der Waals surface area contributed by atoms with Gasteiger partial charge in [-0.2, -0.15) is 0 Å². The second-order valence-corrected chi connectivity index (χ2v) is 5.07. The molecule has 100 valence electrons. The molecule has 4 heteroatoms. The van der Waals surface area contributed by atoms with E-state index >= 15 is 0 Å². The van der Waals surface area contributed by atoms with Crippen LogP contribution >= 0.6 is 11.6 Å². The lowest BCUT2D eigenvalue weighted by Gasteiger charge is -2.10. The third kappa shape index (κ3) is 5.07. The van der Waals surface area contributed by atoms with E-state index in [4.69, 9.17) is 16.3 Å². The van der Waals surface area contributed by atoms with Crippen molar-refractivity contribution in [2.45, 2.75) is 25.6 Å². The Morgan fingerprint density at radius 1 is 1.39 bits per heavy atom. The number of hydrogen-bond donors (Lipinski definition) is 1. The summed E-state index contributed by atoms with van der Waals surface area (Å²) in [7, 11) is 1.59. The van der Waals surface area contributed by atoms with E-state index in [-0.39, 0.29) is 11.3 Å². The minimum Gasteiger partial charge on any atom is -0.383 e. The number of carbonyl (C=O) groups excluding carboxylic acids is 1. The topological polar surface area (TPSA) is 38.3 Å². The molecule has 1 amide bonds. The number of alkyl halides is 1. The first-order chi connectivity index (χ1) is 8.52. The molecule has 18 heavy (non-hydrogen) atoms. The van der Waals surface area contributed by atoms with Crippen LogP contribution in [0.1, 0.15) is 16.7 Å². The van der Waals surface area contributed by atoms with Gasteiger partial charge < -0.3 is 10.1 Å². The van der Waals surface area contributed by atoms with Crippen molar-refractivity contribution in [2.75, 3.05) is 20.3 Å². The van der Waals surface area contributed by atoms with E-state index in [1.165, 1.54) is 11.1 Å². The smallest absolute Gasteiger partial charge is 0.224 e. The molecule has 0 aromatic heterocycles. The molecule has 1 aromatic rings. The lowest BCUT2D eigenvalue weighted by molar-refractivity contribution is -0.120. The van der Waals surface area contributed by atoms with E-state index in [9.17, 15) is 4.79 Å². The Morgan fingerprint density at radius 2 is 2.11 bits per heavy atom. The van der Waals surface area contributed by atoms with Gasteiger partial charge in [0.25, 0.3) is 0 Å². The lowest BCUT2D eigenvalue weighted by Crippen LogP contribution is -2.32. The summed E-state index contributed by atoms with van der Waals surface area (Å²) in [4.78, 5) is 11.7. The van der Waals surface area contributed by atoms with Crippen LogP contribution in [0.25, 0.3) is 0 Å². The molecule has 0 spiro atoms. The number of hydrogen-bond acceptors (Lipinski definition) is 2. The molecule has 1 rings (SSSR count). The number of nitrogens with one attached hydrogen (secondary N) is 1. The molecule has 0 saturated carbocycles. The fourth-order valence-electron chi connectivity index (χ4n) is 1.63. The standard InChI is InChI=1S/C14H20ClNO2/c1-10-4-5-12(6-11(10)2)7-14(17)16-8-13(15)9-18-3/h4-6,13H,7-9H2,1-3H3,(H,16,17). The molecule has 1 aromatic carbocycles. The fourth-order valence-corrected chi connectivity index (χ4v) is 1.83. The van der Waals surface area contributed by atoms with E-state index in [1.807, 2.05) is 25.1 Å². The molecule has 1 unspecified atom stereocenters. The average molecular weight is 270 g/mol. The van der Waals surface area contributed by atoms with E-state index in [2.05, 4.69) is 12.2 Å². The Labute approximate surface area is 113 Å². The Balaban J connectivity index is 2.42. The maximum absolute atomic E-state index is 11.7. The molecule has 0 saturated heterocycles. The van der Waals surface area contributed by atoms with Crippen molar-refractivity contribution in [1.82, 2.24) is 5.32 Å². The number of aryl methyl sites for hydroxylation is 2. The van der Waals surface area contributed by atoms with Gasteiger partial charge in [-0.15, -0.1) is 11.6 Å². The van der Waals surface area contributed by atoms with Crippen molar-refractivity contribution >= 4 is 17.5 Å². The Morgan fingerprint density at radius 3 is 2.72 bits per heavy atom. The van der Waals surface area contributed by atoms with Crippen LogP contribution in [0.2, 0.25) is 0 Å². The summed E-state index contributed by atoms with van der Waals surface area (Å²) < 4.78 is 4.90. The van der Waals surface area contributed by atoms with Crippen LogP contribution in [0.3, 0.4) is 0 Å². The van der Waals surface area contributed by atoms with Gasteiger partial charge >= 0.3 is 0 Å². The maximum atomic E-state index is 11.7. The van der Waals surface area contributed by atoms with E-state index in [0.29, 0.717) is 19.6 Å². The largest absolute Gasteiger partial charge is 0.383 e. The number of ether oxygens (including phenoxy) is 1. The molecule has 1 atom stereocenters. The minimum atomic E-state index is -0.182. The highest BCUT2D eigenvalue weighted by Crippen LogP contribution is 2.10. The van der Waals surface area contributed by atoms with Crippen molar-refractivity contribution in [3.63, 3.8) is 0 Å². The third-order valence-corrected chi connectivity index (χ3v) is 3.08. The normalized spacial score (nSPS) is 12.2. The van der Waals surface area contributed by atoms with Gasteiger partial charge in [-0.05, 0) is 30.5 Å². The highest BCUT2D eigenvalue weighted by Gasteiger charge is 2.08. The molecule has 0 bridgehead atoms. The second kappa shape index (κ2) is 7.39. The van der Waals surface area contributed by atoms with E-state index in [1.54, 1.807) is 7.11 Å². The van der Waals surface area contributed by atoms with Crippen LogP contribution in [0.15, 0.2) is 18.2 Å². The van der Waals surface area contributed by atoms with Gasteiger partial charge in [-0.25, -0.2) is 0 Å². The predicted octanol–water partition coefficient (Wildman–Crippen LogP) is 2.22. The SMILES string of the molecule is COCC(Cl)CNC(=O)Cc1ccc(C)c(C)c1. The highest BCUT2D eigenvalue weighted by molar-refractivity contribution is 6.21. The molecule has 0 radical (unpaired) electrons. The first-order valence-electron chi connectivity index (χ1n) is 5.98. The zero-order chi connectivity index (χ0) is 13.5. The molecule has 3 nitrogen and oxygen atoms in total. The van der Waals surface area contributed by atoms with Gasteiger partial charge in [0.05, 0.1) is 18.4 Å². The predicted molar refractivity (Wildman–Crippen MR) is 74.1 cm³/mol. The molecule has 0 aliphatic rings. The van der Waals surface area contributed by atoms with Crippen molar-refractivity contribution in [3.05, 3.63) is 34.9 Å². The Kier molecular flexibility index (Phi) is 6.16. The quantitative estimate of drug-likeness (QED) is 0.804. The summed E-state index contributed by atoms with van der Waals surface area (Å²) in [5, 5.41) is 2.62. The van der Waals surface area contributed by atoms with Crippen LogP contribution < -0.4 is 5.32 Å². The van der Waals surface area contributed by atoms with Gasteiger partial charge in [0.15, 0.2) is 0 Å². The lowest BCUT2D eigenvalue weighted by atomic mass is 10.0. The van der Waals surface area contributed by atoms with Gasteiger partial charge in [-0.3, -0.25) is 4.79 Å². The summed E-state index contributed by atoms with van der Waals surface area (Å²) in [6, 6.07) is 6.06. The number of carbonyl (C=O) groups is 1. The summed E-state index contributed by atoms with van der Waals surface area (Å²) >= 11 is 5.93. The van der Waals surface area contributed by atoms with Gasteiger partial charge in [0.1, 0.15) is 0 Å². The van der Waals surface area contributed by atoms with Crippen LogP contribution in [-0.2, 0) is 16.0 Å². The first kappa shape index (κ1) is 15.0. The Hall–Kier alpha value is -1.06. The summed E-state index contributed by atoms with van der Waals surface area (Å²) in [6.45, 7) is 4.97. The van der Waals surface area contributed by atoms with Gasteiger partial charge in [0.2, 0.25) is 5.91 Å². The van der Waals surface area contributed by atoms with Crippen molar-refractivity contribution < 1.29 is 9.53 Å². The van der Waals surface area contributed by atoms with E-state index in [0.717, 1.165) is 5.56 Å². The van der Waals surface area contributed by atoms with Crippen LogP contribution in [0.5, 0.6) is 0 Å². The molecule has 0 heterocycles. The highest BCUT2D eigenvalue weighted by atomic mass is 35.5. The minimum absolute atomic E-state index is 0.0139. The summed E-state index contributed by atoms with van der Waals surface area (Å²) in [5.41, 5.74) is 3.46. The Bertz CT molecular complexity index is 407. The van der Waals surface area contributed by atoms with Crippen molar-refractivity contribution in [1.29, 1.82) is 0 Å². The van der Waals surface area contributed by atoms with Gasteiger partial charge in [-0.1, -0.05) is 18.2 Å². The number of halogens is 1. The monoisotopic (exact) mass is 269 g/mol. The fraction of sp³-hybridized carbons (Fsp3) is 0.500. The van der Waals surface area contributed by atoms with Crippen LogP contribution in [0.4, 0.5) is 0 Å². The second-order valence-electron chi connectivity index (χ2n) is 4.45. The number of rotatable bonds is 6. The van der Waals surface area contributed by atoms with Gasteiger partial charge in [0, 0.05) is 13.7 Å². The third-order valence-electron chi connectivity index (χ3n) is 2.80. The molecular formula is C14H20ClNO2. The molecule has 1 N–H and O–H groups in total. The zero-order valence-electron chi connectivity index (χ0n) is 11.1. The number of amides is 1. The molecule has 0 fully saturated rings. The van der Waals surface area contributed by atoms with Crippen molar-refractivity contribution in [3.8, 4) is 0 Å². The molecular weight excluding hydrogens is 250 g/mol. The molecule has 0 aliphatic heterocycles. The maximum Gasteiger partial charge on any atom is 0.224 e. The number of benzene rings is 1. The van der Waals surface area contributed by atoms with Crippen molar-refractivity contribution in [2.24, 2.45) is 0 Å². The van der Waals surface area contributed by atoms with E-state index < -0.39 is 0 Å². The average Bonchev–Trinajstić information content (AvgIpc) is 2.32. The first-order valence-corrected chi connectivity index (χ1v) is 6.42. The summed E-state index contributed by atoms with van der Waals surface area (Å²) in [5.74, 6) is -0.0139. The number of methoxy groups -OCH3 is 1. The zero-order valence-corrected chi connectivity index (χ0v) is 11.9. The van der Waals surface area contributed by atoms with Crippen LogP contribution in [0, 0.1) is 13.8 Å². The van der Waals surface area contributed by atoms with Crippen LogP contribution in [-0.4, -0.2) is 31.5 Å².